The Kier molecular flexibility index (Phi) is 5.34. The number of nitrogens with zero attached hydrogens (tertiary/aromatic N) is 2. The Bertz CT molecular complexity index is 1040. The first kappa shape index (κ1) is 18.2. The van der Waals surface area contributed by atoms with Crippen LogP contribution in [-0.4, -0.2) is 16.0 Å². The van der Waals surface area contributed by atoms with E-state index in [1.807, 2.05) is 54.6 Å². The summed E-state index contributed by atoms with van der Waals surface area (Å²) in [5.41, 5.74) is 1.87. The van der Waals surface area contributed by atoms with Gasteiger partial charge in [-0.15, -0.1) is 0 Å². The Hall–Kier alpha value is -3.19. The van der Waals surface area contributed by atoms with Gasteiger partial charge in [0, 0.05) is 16.5 Å². The summed E-state index contributed by atoms with van der Waals surface area (Å²) >= 11 is 3.41. The Balaban J connectivity index is 1.61. The minimum Gasteiger partial charge on any atom is -0.459 e. The van der Waals surface area contributed by atoms with Gasteiger partial charge in [0.1, 0.15) is 6.04 Å². The van der Waals surface area contributed by atoms with Gasteiger partial charge in [0.15, 0.2) is 5.76 Å². The van der Waals surface area contributed by atoms with Crippen molar-refractivity contribution < 1.29 is 13.7 Å². The van der Waals surface area contributed by atoms with Gasteiger partial charge in [-0.1, -0.05) is 51.4 Å². The molecule has 0 aliphatic rings. The average molecular weight is 438 g/mol. The molecule has 1 N–H and O–H groups in total. The van der Waals surface area contributed by atoms with Gasteiger partial charge >= 0.3 is 0 Å². The maximum absolute atomic E-state index is 12.5. The van der Waals surface area contributed by atoms with Crippen LogP contribution in [0.25, 0.3) is 11.4 Å². The molecular weight excluding hydrogens is 422 g/mol. The molecule has 2 aromatic carbocycles. The van der Waals surface area contributed by atoms with Gasteiger partial charge in [0.05, 0.1) is 6.26 Å². The quantitative estimate of drug-likeness (QED) is 0.468. The molecule has 1 amide bonds. The van der Waals surface area contributed by atoms with Crippen LogP contribution in [0.3, 0.4) is 0 Å². The van der Waals surface area contributed by atoms with Crippen LogP contribution in [0, 0.1) is 0 Å². The number of amides is 1. The van der Waals surface area contributed by atoms with Crippen molar-refractivity contribution in [3.63, 3.8) is 0 Å². The van der Waals surface area contributed by atoms with Gasteiger partial charge in [-0.05, 0) is 42.0 Å². The molecule has 4 aromatic rings. The van der Waals surface area contributed by atoms with Crippen molar-refractivity contribution in [1.29, 1.82) is 0 Å². The number of hydrogen-bond donors (Lipinski definition) is 1. The summed E-state index contributed by atoms with van der Waals surface area (Å²) in [6.45, 7) is 0. The topological polar surface area (TPSA) is 81.2 Å². The van der Waals surface area contributed by atoms with Crippen molar-refractivity contribution in [2.24, 2.45) is 0 Å². The molecule has 0 bridgehead atoms. The predicted molar refractivity (Wildman–Crippen MR) is 106 cm³/mol. The highest BCUT2D eigenvalue weighted by atomic mass is 79.9. The molecule has 0 aliphatic heterocycles. The van der Waals surface area contributed by atoms with Crippen LogP contribution in [0.2, 0.25) is 0 Å². The zero-order chi connectivity index (χ0) is 19.3. The van der Waals surface area contributed by atoms with E-state index in [0.717, 1.165) is 15.6 Å². The zero-order valence-electron chi connectivity index (χ0n) is 14.7. The molecule has 0 aliphatic carbocycles. The number of carbonyl (C=O) groups is 1. The standard InChI is InChI=1S/C21H16BrN3O3/c22-16-10-8-15(9-11-16)19-24-21(28-25-19)17(13-14-5-2-1-3-6-14)23-20(26)18-7-4-12-27-18/h1-12,17H,13H2,(H,23,26)/t17-/m1/s1. The molecule has 2 heterocycles. The van der Waals surface area contributed by atoms with Crippen LogP contribution in [0.4, 0.5) is 0 Å². The van der Waals surface area contributed by atoms with E-state index in [-0.39, 0.29) is 11.7 Å². The Morgan fingerprint density at radius 3 is 2.54 bits per heavy atom. The van der Waals surface area contributed by atoms with Crippen molar-refractivity contribution in [1.82, 2.24) is 15.5 Å². The lowest BCUT2D eigenvalue weighted by atomic mass is 10.1. The molecule has 0 unspecified atom stereocenters. The fraction of sp³-hybridized carbons (Fsp3) is 0.0952. The summed E-state index contributed by atoms with van der Waals surface area (Å²) in [4.78, 5) is 17.0. The van der Waals surface area contributed by atoms with E-state index in [2.05, 4.69) is 31.4 Å². The molecule has 2 aromatic heterocycles. The van der Waals surface area contributed by atoms with Crippen molar-refractivity contribution in [2.45, 2.75) is 12.5 Å². The number of aromatic nitrogens is 2. The Labute approximate surface area is 169 Å². The molecule has 0 saturated carbocycles. The second-order valence-corrected chi connectivity index (χ2v) is 7.07. The van der Waals surface area contributed by atoms with E-state index in [1.165, 1.54) is 6.26 Å². The lowest BCUT2D eigenvalue weighted by molar-refractivity contribution is 0.0900. The monoisotopic (exact) mass is 437 g/mol. The SMILES string of the molecule is O=C(N[C@H](Cc1ccccc1)c1nc(-c2ccc(Br)cc2)no1)c1ccco1. The first-order valence-corrected chi connectivity index (χ1v) is 9.46. The van der Waals surface area contributed by atoms with Crippen LogP contribution in [-0.2, 0) is 6.42 Å². The normalized spacial score (nSPS) is 11.9. The van der Waals surface area contributed by atoms with Gasteiger partial charge in [-0.3, -0.25) is 4.79 Å². The number of benzene rings is 2. The van der Waals surface area contributed by atoms with Crippen molar-refractivity contribution in [3.8, 4) is 11.4 Å². The summed E-state index contributed by atoms with van der Waals surface area (Å²) in [6.07, 6.45) is 1.97. The third-order valence-electron chi connectivity index (χ3n) is 4.18. The van der Waals surface area contributed by atoms with Gasteiger partial charge in [-0.2, -0.15) is 4.98 Å². The minimum absolute atomic E-state index is 0.228. The molecule has 0 saturated heterocycles. The number of hydrogen-bond acceptors (Lipinski definition) is 5. The molecule has 140 valence electrons. The maximum atomic E-state index is 12.5. The lowest BCUT2D eigenvalue weighted by Gasteiger charge is -2.14. The van der Waals surface area contributed by atoms with Gasteiger partial charge in [-0.25, -0.2) is 0 Å². The number of furan rings is 1. The molecule has 0 radical (unpaired) electrons. The van der Waals surface area contributed by atoms with Crippen molar-refractivity contribution in [3.05, 3.63) is 94.7 Å². The zero-order valence-corrected chi connectivity index (χ0v) is 16.3. The molecule has 28 heavy (non-hydrogen) atoms. The smallest absolute Gasteiger partial charge is 0.287 e. The number of halogens is 1. The fourth-order valence-electron chi connectivity index (χ4n) is 2.78. The third-order valence-corrected chi connectivity index (χ3v) is 4.70. The second-order valence-electron chi connectivity index (χ2n) is 6.16. The Morgan fingerprint density at radius 1 is 1.04 bits per heavy atom. The molecule has 6 nitrogen and oxygen atoms in total. The van der Waals surface area contributed by atoms with Crippen molar-refractivity contribution in [2.75, 3.05) is 0 Å². The highest BCUT2D eigenvalue weighted by Gasteiger charge is 2.24. The summed E-state index contributed by atoms with van der Waals surface area (Å²) in [5, 5.41) is 6.99. The van der Waals surface area contributed by atoms with E-state index >= 15 is 0 Å². The van der Waals surface area contributed by atoms with E-state index in [0.29, 0.717) is 18.1 Å². The number of carbonyl (C=O) groups excluding carboxylic acids is 1. The maximum Gasteiger partial charge on any atom is 0.287 e. The summed E-state index contributed by atoms with van der Waals surface area (Å²) < 4.78 is 11.6. The molecule has 0 spiro atoms. The third kappa shape index (κ3) is 4.20. The van der Waals surface area contributed by atoms with Crippen LogP contribution >= 0.6 is 15.9 Å². The summed E-state index contributed by atoms with van der Waals surface area (Å²) in [6, 6.07) is 20.2. The van der Waals surface area contributed by atoms with Crippen LogP contribution in [0.5, 0.6) is 0 Å². The van der Waals surface area contributed by atoms with Crippen LogP contribution in [0.1, 0.15) is 28.1 Å². The number of nitrogens with one attached hydrogen (secondary N) is 1. The van der Waals surface area contributed by atoms with E-state index in [1.54, 1.807) is 12.1 Å². The van der Waals surface area contributed by atoms with Crippen molar-refractivity contribution >= 4 is 21.8 Å². The van der Waals surface area contributed by atoms with E-state index in [9.17, 15) is 4.79 Å². The van der Waals surface area contributed by atoms with Gasteiger partial charge in [0.25, 0.3) is 5.91 Å². The minimum atomic E-state index is -0.489. The van der Waals surface area contributed by atoms with Crippen LogP contribution < -0.4 is 5.32 Å². The summed E-state index contributed by atoms with van der Waals surface area (Å²) in [7, 11) is 0. The average Bonchev–Trinajstić information content (AvgIpc) is 3.41. The second kappa shape index (κ2) is 8.22. The molecule has 1 atom stereocenters. The fourth-order valence-corrected chi connectivity index (χ4v) is 3.04. The summed E-state index contributed by atoms with van der Waals surface area (Å²) in [5.74, 6) is 0.689. The molecule has 0 fully saturated rings. The highest BCUT2D eigenvalue weighted by molar-refractivity contribution is 9.10. The number of rotatable bonds is 6. The van der Waals surface area contributed by atoms with Gasteiger partial charge in [0.2, 0.25) is 11.7 Å². The Morgan fingerprint density at radius 2 is 1.82 bits per heavy atom. The van der Waals surface area contributed by atoms with E-state index < -0.39 is 6.04 Å². The van der Waals surface area contributed by atoms with Gasteiger partial charge < -0.3 is 14.3 Å². The van der Waals surface area contributed by atoms with Crippen LogP contribution in [0.15, 0.2) is 86.4 Å². The first-order valence-electron chi connectivity index (χ1n) is 8.67. The lowest BCUT2D eigenvalue weighted by Crippen LogP contribution is -2.30. The largest absolute Gasteiger partial charge is 0.459 e. The molecular formula is C21H16BrN3O3. The molecule has 7 heteroatoms. The highest BCUT2D eigenvalue weighted by Crippen LogP contribution is 2.23. The molecule has 4 rings (SSSR count). The first-order chi connectivity index (χ1) is 13.7. The van der Waals surface area contributed by atoms with E-state index in [4.69, 9.17) is 8.94 Å². The predicted octanol–water partition coefficient (Wildman–Crippen LogP) is 4.81.